The Hall–Kier alpha value is -4.57. The molecular weight excluding hydrogens is 418 g/mol. The van der Waals surface area contributed by atoms with Crippen LogP contribution in [0.4, 0.5) is 5.69 Å². The van der Waals surface area contributed by atoms with E-state index in [9.17, 15) is 14.9 Å². The smallest absolute Gasteiger partial charge is 0.262 e. The number of nitriles is 1. The maximum absolute atomic E-state index is 12.4. The van der Waals surface area contributed by atoms with E-state index in [1.165, 1.54) is 13.2 Å². The average Bonchev–Trinajstić information content (AvgIpc) is 2.86. The Morgan fingerprint density at radius 1 is 1.00 bits per heavy atom. The first-order chi connectivity index (χ1) is 16.1. The summed E-state index contributed by atoms with van der Waals surface area (Å²) in [7, 11) is 1.53. The molecule has 0 aliphatic rings. The summed E-state index contributed by atoms with van der Waals surface area (Å²) < 4.78 is 10.8. The maximum atomic E-state index is 12.4. The van der Waals surface area contributed by atoms with E-state index in [0.29, 0.717) is 29.3 Å². The van der Waals surface area contributed by atoms with Crippen LogP contribution in [0.3, 0.4) is 0 Å². The second kappa shape index (κ2) is 11.7. The number of hydrogen-bond acceptors (Lipinski definition) is 5. The summed E-state index contributed by atoms with van der Waals surface area (Å²) in [5.41, 5.74) is 2.05. The van der Waals surface area contributed by atoms with E-state index in [4.69, 9.17) is 9.47 Å². The molecule has 3 rings (SSSR count). The number of carbonyl (C=O) groups excluding carboxylic acids is 2. The van der Waals surface area contributed by atoms with E-state index >= 15 is 0 Å². The summed E-state index contributed by atoms with van der Waals surface area (Å²) in [6.45, 7) is 0.108. The fourth-order valence-corrected chi connectivity index (χ4v) is 2.97. The normalized spacial score (nSPS) is 10.6. The Morgan fingerprint density at radius 2 is 1.76 bits per heavy atom. The molecule has 0 aliphatic carbocycles. The third kappa shape index (κ3) is 6.97. The molecule has 0 aromatic heterocycles. The van der Waals surface area contributed by atoms with E-state index in [-0.39, 0.29) is 18.1 Å². The zero-order valence-electron chi connectivity index (χ0n) is 18.1. The molecule has 0 spiro atoms. The molecule has 0 unspecified atom stereocenters. The molecule has 0 bridgehead atoms. The first-order valence-electron chi connectivity index (χ1n) is 10.2. The van der Waals surface area contributed by atoms with Crippen molar-refractivity contribution in [3.05, 3.63) is 95.6 Å². The minimum atomic E-state index is -0.469. The molecule has 0 aliphatic heterocycles. The van der Waals surface area contributed by atoms with Gasteiger partial charge in [0.05, 0.1) is 12.8 Å². The highest BCUT2D eigenvalue weighted by Gasteiger charge is 2.10. The summed E-state index contributed by atoms with van der Waals surface area (Å²) in [5, 5.41) is 14.9. The Kier molecular flexibility index (Phi) is 8.21. The number of para-hydroxylation sites is 2. The third-order valence-electron chi connectivity index (χ3n) is 4.58. The monoisotopic (exact) mass is 441 g/mol. The number of hydrogen-bond donors (Lipinski definition) is 2. The van der Waals surface area contributed by atoms with Gasteiger partial charge in [0, 0.05) is 6.54 Å². The molecule has 2 N–H and O–H groups in total. The van der Waals surface area contributed by atoms with Gasteiger partial charge >= 0.3 is 0 Å². The van der Waals surface area contributed by atoms with Crippen LogP contribution in [0, 0.1) is 11.3 Å². The lowest BCUT2D eigenvalue weighted by Gasteiger charge is -2.11. The Bertz CT molecular complexity index is 1180. The lowest BCUT2D eigenvalue weighted by molar-refractivity contribution is -0.118. The molecule has 2 amide bonds. The van der Waals surface area contributed by atoms with Crippen molar-refractivity contribution in [1.82, 2.24) is 5.32 Å². The summed E-state index contributed by atoms with van der Waals surface area (Å²) in [4.78, 5) is 24.6. The van der Waals surface area contributed by atoms with Crippen molar-refractivity contribution >= 4 is 23.6 Å². The number of anilines is 1. The highest BCUT2D eigenvalue weighted by molar-refractivity contribution is 6.01. The summed E-state index contributed by atoms with van der Waals surface area (Å²) >= 11 is 0. The zero-order valence-corrected chi connectivity index (χ0v) is 18.1. The molecule has 0 atom stereocenters. The lowest BCUT2D eigenvalue weighted by Crippen LogP contribution is -2.23. The van der Waals surface area contributed by atoms with Gasteiger partial charge in [0.1, 0.15) is 23.1 Å². The van der Waals surface area contributed by atoms with E-state index < -0.39 is 5.91 Å². The largest absolute Gasteiger partial charge is 0.495 e. The van der Waals surface area contributed by atoms with Gasteiger partial charge in [-0.15, -0.1) is 0 Å². The van der Waals surface area contributed by atoms with Crippen molar-refractivity contribution in [3.63, 3.8) is 0 Å². The number of nitrogens with zero attached hydrogens (tertiary/aromatic N) is 1. The van der Waals surface area contributed by atoms with Crippen LogP contribution in [0.2, 0.25) is 0 Å². The third-order valence-corrected chi connectivity index (χ3v) is 4.58. The minimum Gasteiger partial charge on any atom is -0.495 e. The molecule has 0 saturated carbocycles. The van der Waals surface area contributed by atoms with Crippen LogP contribution in [0.5, 0.6) is 11.5 Å². The second-order valence-electron chi connectivity index (χ2n) is 6.95. The van der Waals surface area contributed by atoms with Crippen molar-refractivity contribution in [3.8, 4) is 17.6 Å². The first-order valence-corrected chi connectivity index (χ1v) is 10.2. The highest BCUT2D eigenvalue weighted by Crippen LogP contribution is 2.23. The zero-order chi connectivity index (χ0) is 23.5. The van der Waals surface area contributed by atoms with Gasteiger partial charge in [-0.05, 0) is 41.5 Å². The molecular formula is C26H23N3O4. The van der Waals surface area contributed by atoms with Crippen molar-refractivity contribution in [2.45, 2.75) is 6.54 Å². The first kappa shape index (κ1) is 23.1. The SMILES string of the molecule is COc1ccccc1NC(=O)COc1cccc(/C=C(\C#N)C(=O)NCc2ccccc2)c1. The van der Waals surface area contributed by atoms with Crippen molar-refractivity contribution in [1.29, 1.82) is 5.26 Å². The molecule has 0 fully saturated rings. The highest BCUT2D eigenvalue weighted by atomic mass is 16.5. The van der Waals surface area contributed by atoms with Gasteiger partial charge in [-0.2, -0.15) is 5.26 Å². The van der Waals surface area contributed by atoms with Gasteiger partial charge in [0.15, 0.2) is 6.61 Å². The predicted octanol–water partition coefficient (Wildman–Crippen LogP) is 3.94. The van der Waals surface area contributed by atoms with E-state index in [2.05, 4.69) is 10.6 Å². The van der Waals surface area contributed by atoms with Crippen molar-refractivity contribution < 1.29 is 19.1 Å². The molecule has 166 valence electrons. The standard InChI is InChI=1S/C26H23N3O4/c1-32-24-13-6-5-12-23(24)29-25(30)18-33-22-11-7-10-20(15-22)14-21(16-27)26(31)28-17-19-8-3-2-4-9-19/h2-15H,17-18H2,1H3,(H,28,31)(H,29,30)/b21-14+. The molecule has 0 radical (unpaired) electrons. The maximum Gasteiger partial charge on any atom is 0.262 e. The Balaban J connectivity index is 1.59. The topological polar surface area (TPSA) is 100 Å². The number of benzene rings is 3. The van der Waals surface area contributed by atoms with Gasteiger partial charge in [0.2, 0.25) is 0 Å². The molecule has 0 saturated heterocycles. The summed E-state index contributed by atoms with van der Waals surface area (Å²) in [6.07, 6.45) is 1.47. The second-order valence-corrected chi connectivity index (χ2v) is 6.95. The van der Waals surface area contributed by atoms with Crippen LogP contribution < -0.4 is 20.1 Å². The molecule has 3 aromatic carbocycles. The number of methoxy groups -OCH3 is 1. The number of carbonyl (C=O) groups is 2. The van der Waals surface area contributed by atoms with Crippen LogP contribution in [0.25, 0.3) is 6.08 Å². The van der Waals surface area contributed by atoms with E-state index in [1.54, 1.807) is 48.5 Å². The van der Waals surface area contributed by atoms with Gasteiger partial charge in [-0.3, -0.25) is 9.59 Å². The number of amides is 2. The van der Waals surface area contributed by atoms with Gasteiger partial charge in [-0.25, -0.2) is 0 Å². The van der Waals surface area contributed by atoms with Crippen LogP contribution in [0.15, 0.2) is 84.4 Å². The van der Waals surface area contributed by atoms with Crippen molar-refractivity contribution in [2.24, 2.45) is 0 Å². The van der Waals surface area contributed by atoms with Crippen LogP contribution in [0.1, 0.15) is 11.1 Å². The molecule has 7 nitrogen and oxygen atoms in total. The average molecular weight is 441 g/mol. The number of rotatable bonds is 9. The number of ether oxygens (including phenoxy) is 2. The molecule has 3 aromatic rings. The lowest BCUT2D eigenvalue weighted by atomic mass is 10.1. The molecule has 33 heavy (non-hydrogen) atoms. The number of nitrogens with one attached hydrogen (secondary N) is 2. The van der Waals surface area contributed by atoms with Crippen molar-refractivity contribution in [2.75, 3.05) is 19.0 Å². The Labute approximate surface area is 192 Å². The van der Waals surface area contributed by atoms with Gasteiger partial charge in [-0.1, -0.05) is 54.6 Å². The van der Waals surface area contributed by atoms with E-state index in [0.717, 1.165) is 5.56 Å². The van der Waals surface area contributed by atoms with Crippen LogP contribution >= 0.6 is 0 Å². The van der Waals surface area contributed by atoms with E-state index in [1.807, 2.05) is 36.4 Å². The Morgan fingerprint density at radius 3 is 2.52 bits per heavy atom. The van der Waals surface area contributed by atoms with Crippen LogP contribution in [-0.4, -0.2) is 25.5 Å². The molecule has 7 heteroatoms. The summed E-state index contributed by atoms with van der Waals surface area (Å²) in [6, 6.07) is 25.2. The quantitative estimate of drug-likeness (QED) is 0.387. The fraction of sp³-hybridized carbons (Fsp3) is 0.115. The van der Waals surface area contributed by atoms with Gasteiger partial charge in [0.25, 0.3) is 11.8 Å². The molecule has 0 heterocycles. The van der Waals surface area contributed by atoms with Crippen LogP contribution in [-0.2, 0) is 16.1 Å². The predicted molar refractivity (Wildman–Crippen MR) is 125 cm³/mol. The summed E-state index contributed by atoms with van der Waals surface area (Å²) in [5.74, 6) is 0.163. The fourth-order valence-electron chi connectivity index (χ4n) is 2.97. The minimum absolute atomic E-state index is 0.0306. The van der Waals surface area contributed by atoms with Gasteiger partial charge < -0.3 is 20.1 Å².